The molecule has 1 amide bonds. The first-order valence-electron chi connectivity index (χ1n) is 14.1. The number of aliphatic imine (C=N–C) groups is 1. The molecule has 0 spiro atoms. The van der Waals surface area contributed by atoms with Crippen molar-refractivity contribution in [3.63, 3.8) is 0 Å². The quantitative estimate of drug-likeness (QED) is 0.120. The van der Waals surface area contributed by atoms with Gasteiger partial charge < -0.3 is 31.2 Å². The third-order valence-corrected chi connectivity index (χ3v) is 7.17. The van der Waals surface area contributed by atoms with Gasteiger partial charge in [0.05, 0.1) is 12.9 Å². The zero-order valence-corrected chi connectivity index (χ0v) is 23.0. The number of imidazole rings is 1. The normalized spacial score (nSPS) is 17.5. The molecule has 1 saturated heterocycles. The first-order chi connectivity index (χ1) is 20.0. The molecule has 5 rings (SSSR count). The molecule has 2 aromatic heterocycles. The molecule has 41 heavy (non-hydrogen) atoms. The number of nitrogens with zero attached hydrogens (tertiary/aromatic N) is 6. The lowest BCUT2D eigenvalue weighted by Crippen LogP contribution is -2.47. The van der Waals surface area contributed by atoms with Crippen molar-refractivity contribution in [3.05, 3.63) is 48.5 Å². The largest absolute Gasteiger partial charge is 0.459 e. The van der Waals surface area contributed by atoms with Gasteiger partial charge in [-0.3, -0.25) is 14.4 Å². The van der Waals surface area contributed by atoms with Crippen LogP contribution in [0.1, 0.15) is 56.7 Å². The molecule has 0 radical (unpaired) electrons. The van der Waals surface area contributed by atoms with E-state index in [1.54, 1.807) is 6.33 Å². The number of esters is 1. The van der Waals surface area contributed by atoms with Crippen molar-refractivity contribution in [2.24, 2.45) is 16.5 Å². The lowest BCUT2D eigenvalue weighted by Gasteiger charge is -2.25. The number of rotatable bonds is 13. The third-order valence-electron chi connectivity index (χ3n) is 7.17. The molecule has 1 saturated carbocycles. The van der Waals surface area contributed by atoms with E-state index in [0.29, 0.717) is 43.0 Å². The number of hydrogen-bond donors (Lipinski definition) is 3. The number of amides is 1. The molecule has 13 heteroatoms. The van der Waals surface area contributed by atoms with Crippen LogP contribution in [-0.4, -0.2) is 69.1 Å². The topological polar surface area (TPSA) is 176 Å². The number of guanidine groups is 1. The number of hydrogen-bond acceptors (Lipinski definition) is 9. The van der Waals surface area contributed by atoms with Gasteiger partial charge in [0.15, 0.2) is 22.9 Å². The molecule has 13 nitrogen and oxygen atoms in total. The fraction of sp³-hybridized carbons (Fsp3) is 0.500. The molecule has 2 atom stereocenters. The number of ether oxygens (including phenoxy) is 2. The Labute approximate surface area is 238 Å². The molecule has 0 bridgehead atoms. The van der Waals surface area contributed by atoms with Crippen LogP contribution in [0.3, 0.4) is 0 Å². The van der Waals surface area contributed by atoms with Crippen LogP contribution in [-0.2, 0) is 25.7 Å². The van der Waals surface area contributed by atoms with Gasteiger partial charge in [-0.2, -0.15) is 0 Å². The van der Waals surface area contributed by atoms with E-state index in [2.05, 4.69) is 25.3 Å². The van der Waals surface area contributed by atoms with Crippen molar-refractivity contribution in [3.8, 4) is 0 Å². The molecule has 5 N–H and O–H groups in total. The molecule has 1 aliphatic carbocycles. The number of nitrogens with two attached hydrogens (primary N) is 2. The second-order valence-electron chi connectivity index (χ2n) is 10.4. The molecule has 1 aliphatic heterocycles. The maximum atomic E-state index is 13.4. The highest BCUT2D eigenvalue weighted by molar-refractivity contribution is 5.90. The molecule has 1 unspecified atom stereocenters. The van der Waals surface area contributed by atoms with Gasteiger partial charge in [-0.25, -0.2) is 19.7 Å². The fourth-order valence-electron chi connectivity index (χ4n) is 4.94. The van der Waals surface area contributed by atoms with E-state index in [1.807, 2.05) is 39.8 Å². The molecular weight excluding hydrogens is 526 g/mol. The van der Waals surface area contributed by atoms with Crippen molar-refractivity contribution >= 4 is 34.8 Å². The van der Waals surface area contributed by atoms with Crippen molar-refractivity contribution < 1.29 is 19.1 Å². The zero-order chi connectivity index (χ0) is 28.6. The Bertz CT molecular complexity index is 1350. The molecule has 2 aliphatic rings. The third kappa shape index (κ3) is 7.48. The number of benzene rings is 1. The maximum absolute atomic E-state index is 13.4. The smallest absolute Gasteiger partial charge is 0.328 e. The minimum Gasteiger partial charge on any atom is -0.459 e. The summed E-state index contributed by atoms with van der Waals surface area (Å²) in [7, 11) is 0. The van der Waals surface area contributed by atoms with E-state index in [9.17, 15) is 9.59 Å². The molecule has 3 aromatic rings. The van der Waals surface area contributed by atoms with Gasteiger partial charge in [0, 0.05) is 19.2 Å². The zero-order valence-electron chi connectivity index (χ0n) is 23.0. The van der Waals surface area contributed by atoms with Crippen LogP contribution in [0.5, 0.6) is 0 Å². The predicted octanol–water partition coefficient (Wildman–Crippen LogP) is 1.78. The summed E-state index contributed by atoms with van der Waals surface area (Å²) in [5.41, 5.74) is 13.0. The summed E-state index contributed by atoms with van der Waals surface area (Å²) in [4.78, 5) is 45.9. The summed E-state index contributed by atoms with van der Waals surface area (Å²) in [6, 6.07) is 8.69. The maximum Gasteiger partial charge on any atom is 0.328 e. The average molecular weight is 564 g/mol. The minimum atomic E-state index is -0.852. The Balaban J connectivity index is 1.28. The molecule has 2 fully saturated rings. The van der Waals surface area contributed by atoms with Gasteiger partial charge in [-0.15, -0.1) is 0 Å². The Kier molecular flexibility index (Phi) is 9.24. The molecule has 1 aromatic carbocycles. The summed E-state index contributed by atoms with van der Waals surface area (Å²) in [6.07, 6.45) is 8.82. The van der Waals surface area contributed by atoms with Crippen LogP contribution in [0, 0.1) is 0 Å². The van der Waals surface area contributed by atoms with Gasteiger partial charge >= 0.3 is 5.97 Å². The fourth-order valence-corrected chi connectivity index (χ4v) is 4.94. The standard InChI is InChI=1S/C28H37N9O4/c29-28(30)31-13-6-9-21(27(39)41-16-19-7-2-1-3-8-19)35-22(38)15-36(20-11-12-20)25-24-26(33-17-32-25)37(18-34-24)23-10-4-5-14-40-23/h1-3,7-8,17-18,20-21,23H,4-6,9-16H2,(H,35,38)(H4,29,30,31)/t21-,23?/m0/s1. The van der Waals surface area contributed by atoms with Gasteiger partial charge in [0.2, 0.25) is 5.91 Å². The second-order valence-corrected chi connectivity index (χ2v) is 10.4. The Hall–Kier alpha value is -4.26. The van der Waals surface area contributed by atoms with E-state index in [-0.39, 0.29) is 37.3 Å². The Morgan fingerprint density at radius 2 is 1.98 bits per heavy atom. The lowest BCUT2D eigenvalue weighted by atomic mass is 10.1. The van der Waals surface area contributed by atoms with Crippen molar-refractivity contribution in [1.82, 2.24) is 24.8 Å². The van der Waals surface area contributed by atoms with Gasteiger partial charge in [0.25, 0.3) is 0 Å². The van der Waals surface area contributed by atoms with Crippen LogP contribution in [0.4, 0.5) is 5.82 Å². The van der Waals surface area contributed by atoms with E-state index in [0.717, 1.165) is 37.7 Å². The van der Waals surface area contributed by atoms with Crippen molar-refractivity contribution in [2.75, 3.05) is 24.6 Å². The first-order valence-corrected chi connectivity index (χ1v) is 14.1. The predicted molar refractivity (Wildman–Crippen MR) is 153 cm³/mol. The van der Waals surface area contributed by atoms with Crippen molar-refractivity contribution in [2.45, 2.75) is 69.9 Å². The Morgan fingerprint density at radius 3 is 2.71 bits per heavy atom. The van der Waals surface area contributed by atoms with Crippen LogP contribution in [0.2, 0.25) is 0 Å². The monoisotopic (exact) mass is 563 g/mol. The molecule has 3 heterocycles. The second kappa shape index (κ2) is 13.4. The number of fused-ring (bicyclic) bond motifs is 1. The van der Waals surface area contributed by atoms with Crippen LogP contribution in [0.25, 0.3) is 11.2 Å². The van der Waals surface area contributed by atoms with Gasteiger partial charge in [-0.1, -0.05) is 30.3 Å². The average Bonchev–Trinajstić information content (AvgIpc) is 3.74. The van der Waals surface area contributed by atoms with Gasteiger partial charge in [0.1, 0.15) is 25.2 Å². The van der Waals surface area contributed by atoms with Crippen LogP contribution < -0.4 is 21.7 Å². The highest BCUT2D eigenvalue weighted by Crippen LogP contribution is 2.34. The molecule has 218 valence electrons. The summed E-state index contributed by atoms with van der Waals surface area (Å²) in [5.74, 6) is -0.258. The van der Waals surface area contributed by atoms with Crippen LogP contribution >= 0.6 is 0 Å². The Morgan fingerprint density at radius 1 is 1.15 bits per heavy atom. The van der Waals surface area contributed by atoms with E-state index < -0.39 is 12.0 Å². The number of anilines is 1. The van der Waals surface area contributed by atoms with E-state index >= 15 is 0 Å². The highest BCUT2D eigenvalue weighted by Gasteiger charge is 2.34. The highest BCUT2D eigenvalue weighted by atomic mass is 16.5. The van der Waals surface area contributed by atoms with Crippen molar-refractivity contribution in [1.29, 1.82) is 0 Å². The lowest BCUT2D eigenvalue weighted by molar-refractivity contribution is -0.149. The summed E-state index contributed by atoms with van der Waals surface area (Å²) >= 11 is 0. The first kappa shape index (κ1) is 28.3. The van der Waals surface area contributed by atoms with Gasteiger partial charge in [-0.05, 0) is 50.5 Å². The number of carbonyl (C=O) groups excluding carboxylic acids is 2. The summed E-state index contributed by atoms with van der Waals surface area (Å²) in [5, 5.41) is 2.87. The number of carbonyl (C=O) groups is 2. The van der Waals surface area contributed by atoms with E-state index in [4.69, 9.17) is 20.9 Å². The minimum absolute atomic E-state index is 0.0138. The molecular formula is C28H37N9O4. The van der Waals surface area contributed by atoms with Crippen LogP contribution in [0.15, 0.2) is 48.0 Å². The van der Waals surface area contributed by atoms with E-state index in [1.165, 1.54) is 6.33 Å². The SMILES string of the molecule is NC(N)=NCCC[C@H](NC(=O)CN(c1ncnc2c1ncn2C1CCCCO1)C1CC1)C(=O)OCc1ccccc1. The number of nitrogens with one attached hydrogen (secondary N) is 1. The summed E-state index contributed by atoms with van der Waals surface area (Å²) < 4.78 is 13.4. The number of aromatic nitrogens is 4. The summed E-state index contributed by atoms with van der Waals surface area (Å²) in [6.45, 7) is 1.17.